The van der Waals surface area contributed by atoms with Crippen molar-refractivity contribution in [1.82, 2.24) is 0 Å². The summed E-state index contributed by atoms with van der Waals surface area (Å²) in [5, 5.41) is 0. The molecule has 0 atom stereocenters. The minimum absolute atomic E-state index is 0. The predicted molar refractivity (Wildman–Crippen MR) is 198 cm³/mol. The Morgan fingerprint density at radius 1 is 0.231 bits per heavy atom. The molecule has 0 bridgehead atoms. The molecule has 0 aliphatic carbocycles. The number of benzene rings is 6. The zero-order chi connectivity index (χ0) is 36.3. The smallest absolute Gasteiger partial charge is 0.170 e. The summed E-state index contributed by atoms with van der Waals surface area (Å²) in [6.45, 7) is 0. The van der Waals surface area contributed by atoms with E-state index in [1.165, 1.54) is 0 Å². The minimum atomic E-state index is -0.139. The molecule has 0 aromatic heterocycles. The van der Waals surface area contributed by atoms with Crippen LogP contribution in [0.5, 0.6) is 0 Å². The second-order valence-corrected chi connectivity index (χ2v) is 11.3. The molecule has 0 saturated heterocycles. The van der Waals surface area contributed by atoms with E-state index in [4.69, 9.17) is 0 Å². The van der Waals surface area contributed by atoms with Gasteiger partial charge in [-0.05, 0) is 0 Å². The standard InChI is InChI=1S/3C15H12O2.Cr/c3*16-14(12-7-3-1-4-8-12)11-15(17)13-9-5-2-6-10-13;/h3*1-10H,11H2;. The maximum Gasteiger partial charge on any atom is 0.170 e. The molecule has 258 valence electrons. The predicted octanol–water partition coefficient (Wildman–Crippen LogP) is 9.42. The van der Waals surface area contributed by atoms with Crippen LogP contribution < -0.4 is 0 Å². The summed E-state index contributed by atoms with van der Waals surface area (Å²) in [5.74, 6) is -0.836. The van der Waals surface area contributed by atoms with Crippen LogP contribution in [0.3, 0.4) is 0 Å². The monoisotopic (exact) mass is 724 g/mol. The van der Waals surface area contributed by atoms with Crippen LogP contribution in [0, 0.1) is 0 Å². The summed E-state index contributed by atoms with van der Waals surface area (Å²) in [4.78, 5) is 70.8. The van der Waals surface area contributed by atoms with Gasteiger partial charge in [0.2, 0.25) is 0 Å². The zero-order valence-corrected chi connectivity index (χ0v) is 29.6. The van der Waals surface area contributed by atoms with Crippen LogP contribution in [0.25, 0.3) is 0 Å². The van der Waals surface area contributed by atoms with Gasteiger partial charge in [0.1, 0.15) is 0 Å². The van der Waals surface area contributed by atoms with E-state index in [0.717, 1.165) is 0 Å². The number of ketones is 6. The van der Waals surface area contributed by atoms with Gasteiger partial charge in [0, 0.05) is 50.7 Å². The van der Waals surface area contributed by atoms with Gasteiger partial charge < -0.3 is 0 Å². The average Bonchev–Trinajstić information content (AvgIpc) is 3.20. The number of hydrogen-bond donors (Lipinski definition) is 0. The fourth-order valence-corrected chi connectivity index (χ4v) is 4.79. The third kappa shape index (κ3) is 13.3. The van der Waals surface area contributed by atoms with Gasteiger partial charge in [0.25, 0.3) is 0 Å². The van der Waals surface area contributed by atoms with Crippen molar-refractivity contribution in [2.24, 2.45) is 0 Å². The molecule has 6 aromatic rings. The third-order valence-electron chi connectivity index (χ3n) is 7.54. The van der Waals surface area contributed by atoms with Gasteiger partial charge in [-0.3, -0.25) is 28.8 Å². The molecule has 7 heteroatoms. The van der Waals surface area contributed by atoms with E-state index in [-0.39, 0.29) is 71.3 Å². The van der Waals surface area contributed by atoms with Gasteiger partial charge in [-0.1, -0.05) is 182 Å². The van der Waals surface area contributed by atoms with Gasteiger partial charge in [-0.2, -0.15) is 0 Å². The van der Waals surface area contributed by atoms with Crippen LogP contribution >= 0.6 is 0 Å². The maximum absolute atomic E-state index is 11.8. The van der Waals surface area contributed by atoms with Crippen LogP contribution in [-0.2, 0) is 17.4 Å². The van der Waals surface area contributed by atoms with Gasteiger partial charge in [-0.15, -0.1) is 0 Å². The van der Waals surface area contributed by atoms with Crippen molar-refractivity contribution in [2.75, 3.05) is 0 Å². The summed E-state index contributed by atoms with van der Waals surface area (Å²) in [6, 6.07) is 53.2. The van der Waals surface area contributed by atoms with Gasteiger partial charge in [0.15, 0.2) is 34.7 Å². The van der Waals surface area contributed by atoms with Gasteiger partial charge in [0.05, 0.1) is 19.3 Å². The molecule has 6 nitrogen and oxygen atoms in total. The first kappa shape index (κ1) is 40.3. The van der Waals surface area contributed by atoms with Crippen molar-refractivity contribution in [3.05, 3.63) is 215 Å². The van der Waals surface area contributed by atoms with E-state index in [2.05, 4.69) is 0 Å². The zero-order valence-electron chi connectivity index (χ0n) is 28.3. The topological polar surface area (TPSA) is 102 Å². The Morgan fingerprint density at radius 2 is 0.346 bits per heavy atom. The first-order valence-corrected chi connectivity index (χ1v) is 16.3. The number of carbonyl (C=O) groups is 6. The van der Waals surface area contributed by atoms with E-state index >= 15 is 0 Å². The molecule has 0 spiro atoms. The number of carbonyl (C=O) groups excluding carboxylic acids is 6. The molecule has 0 saturated carbocycles. The van der Waals surface area contributed by atoms with Crippen molar-refractivity contribution in [3.63, 3.8) is 0 Å². The molecular formula is C45H36CrO6. The van der Waals surface area contributed by atoms with Crippen molar-refractivity contribution in [3.8, 4) is 0 Å². The minimum Gasteiger partial charge on any atom is -0.294 e. The molecule has 0 heterocycles. The summed E-state index contributed by atoms with van der Waals surface area (Å²) in [6.07, 6.45) is -0.226. The Kier molecular flexibility index (Phi) is 16.9. The number of Topliss-reactive ketones (excluding diaryl/α,β-unsaturated/α-hetero) is 6. The first-order chi connectivity index (χ1) is 24.8. The largest absolute Gasteiger partial charge is 0.294 e. The molecule has 6 aromatic carbocycles. The van der Waals surface area contributed by atoms with Gasteiger partial charge >= 0.3 is 0 Å². The maximum atomic E-state index is 11.8. The summed E-state index contributed by atoms with van der Waals surface area (Å²) in [7, 11) is 0. The summed E-state index contributed by atoms with van der Waals surface area (Å²) >= 11 is 0. The van der Waals surface area contributed by atoms with Crippen molar-refractivity contribution in [2.45, 2.75) is 19.3 Å². The van der Waals surface area contributed by atoms with Crippen LogP contribution in [0.1, 0.15) is 81.4 Å². The van der Waals surface area contributed by atoms with Crippen molar-refractivity contribution < 1.29 is 46.1 Å². The molecule has 0 amide bonds. The third-order valence-corrected chi connectivity index (χ3v) is 7.54. The molecule has 0 aliphatic rings. The second-order valence-electron chi connectivity index (χ2n) is 11.3. The number of rotatable bonds is 12. The fourth-order valence-electron chi connectivity index (χ4n) is 4.79. The van der Waals surface area contributed by atoms with E-state index in [1.807, 2.05) is 36.4 Å². The Morgan fingerprint density at radius 3 is 0.462 bits per heavy atom. The molecule has 0 fully saturated rings. The molecular weight excluding hydrogens is 688 g/mol. The van der Waals surface area contributed by atoms with Gasteiger partial charge in [-0.25, -0.2) is 0 Å². The van der Waals surface area contributed by atoms with Crippen LogP contribution in [0.4, 0.5) is 0 Å². The van der Waals surface area contributed by atoms with E-state index in [1.54, 1.807) is 146 Å². The first-order valence-electron chi connectivity index (χ1n) is 16.3. The van der Waals surface area contributed by atoms with Crippen LogP contribution in [0.2, 0.25) is 0 Å². The molecule has 0 radical (unpaired) electrons. The molecule has 0 unspecified atom stereocenters. The Balaban J connectivity index is 0.000000208. The van der Waals surface area contributed by atoms with Crippen molar-refractivity contribution in [1.29, 1.82) is 0 Å². The van der Waals surface area contributed by atoms with E-state index in [0.29, 0.717) is 33.4 Å². The molecule has 52 heavy (non-hydrogen) atoms. The average molecular weight is 725 g/mol. The molecule has 0 aliphatic heterocycles. The number of hydrogen-bond acceptors (Lipinski definition) is 6. The van der Waals surface area contributed by atoms with Crippen molar-refractivity contribution >= 4 is 34.7 Å². The SMILES string of the molecule is O=C(CC(=O)c1ccccc1)c1ccccc1.O=C(CC(=O)c1ccccc1)c1ccccc1.O=C(CC(=O)c1ccccc1)c1ccccc1.[Cr]. The Bertz CT molecular complexity index is 1640. The van der Waals surface area contributed by atoms with E-state index in [9.17, 15) is 28.8 Å². The second kappa shape index (κ2) is 21.8. The Labute approximate surface area is 314 Å². The van der Waals surface area contributed by atoms with Crippen LogP contribution in [-0.4, -0.2) is 34.7 Å². The Hall–Kier alpha value is -6.13. The van der Waals surface area contributed by atoms with E-state index < -0.39 is 0 Å². The fraction of sp³-hybridized carbons (Fsp3) is 0.0667. The summed E-state index contributed by atoms with van der Waals surface area (Å²) < 4.78 is 0. The molecule has 6 rings (SSSR count). The normalized spacial score (nSPS) is 9.69. The molecule has 0 N–H and O–H groups in total. The summed E-state index contributed by atoms with van der Waals surface area (Å²) in [5.41, 5.74) is 3.48. The quantitative estimate of drug-likeness (QED) is 0.0921. The van der Waals surface area contributed by atoms with Crippen LogP contribution in [0.15, 0.2) is 182 Å².